The summed E-state index contributed by atoms with van der Waals surface area (Å²) in [6, 6.07) is 15.8. The van der Waals surface area contributed by atoms with Gasteiger partial charge in [0.1, 0.15) is 5.75 Å². The Labute approximate surface area is 145 Å². The van der Waals surface area contributed by atoms with E-state index in [9.17, 15) is 4.79 Å². The van der Waals surface area contributed by atoms with Crippen molar-refractivity contribution >= 4 is 11.6 Å². The molecule has 0 spiro atoms. The van der Waals surface area contributed by atoms with Crippen LogP contribution >= 0.6 is 0 Å². The molecule has 0 atom stereocenters. The summed E-state index contributed by atoms with van der Waals surface area (Å²) in [5.41, 5.74) is 3.11. The van der Waals surface area contributed by atoms with Gasteiger partial charge in [0.15, 0.2) is 6.61 Å². The van der Waals surface area contributed by atoms with Gasteiger partial charge in [0.05, 0.1) is 0 Å². The maximum atomic E-state index is 12.1. The molecule has 0 radical (unpaired) electrons. The van der Waals surface area contributed by atoms with Gasteiger partial charge in [-0.15, -0.1) is 0 Å². The molecule has 0 heterocycles. The van der Waals surface area contributed by atoms with Crippen LogP contribution in [-0.4, -0.2) is 12.5 Å². The first kappa shape index (κ1) is 18.1. The summed E-state index contributed by atoms with van der Waals surface area (Å²) < 4.78 is 5.75. The Bertz CT molecular complexity index is 682. The van der Waals surface area contributed by atoms with Crippen LogP contribution in [0.2, 0.25) is 0 Å². The third-order valence-corrected chi connectivity index (χ3v) is 3.91. The Morgan fingerprint density at radius 1 is 1.04 bits per heavy atom. The largest absolute Gasteiger partial charge is 0.483 e. The van der Waals surface area contributed by atoms with Crippen LogP contribution in [0.1, 0.15) is 51.7 Å². The average Bonchev–Trinajstić information content (AvgIpc) is 2.53. The van der Waals surface area contributed by atoms with Crippen molar-refractivity contribution in [3.63, 3.8) is 0 Å². The molecule has 3 nitrogen and oxygen atoms in total. The quantitative estimate of drug-likeness (QED) is 0.828. The van der Waals surface area contributed by atoms with E-state index in [0.29, 0.717) is 5.92 Å². The van der Waals surface area contributed by atoms with Crippen LogP contribution in [-0.2, 0) is 10.2 Å². The molecule has 2 aromatic carbocycles. The summed E-state index contributed by atoms with van der Waals surface area (Å²) in [5, 5.41) is 2.87. The number of anilines is 1. The van der Waals surface area contributed by atoms with Crippen molar-refractivity contribution in [2.45, 2.75) is 46.0 Å². The third kappa shape index (κ3) is 4.85. The van der Waals surface area contributed by atoms with E-state index in [4.69, 9.17) is 4.74 Å². The number of amides is 1. The summed E-state index contributed by atoms with van der Waals surface area (Å²) in [5.74, 6) is 1.08. The number of para-hydroxylation sites is 1. The monoisotopic (exact) mass is 325 g/mol. The van der Waals surface area contributed by atoms with E-state index in [1.807, 2.05) is 48.5 Å². The molecule has 0 bridgehead atoms. The predicted octanol–water partition coefficient (Wildman–Crippen LogP) is 5.13. The Morgan fingerprint density at radius 2 is 1.67 bits per heavy atom. The molecule has 2 rings (SSSR count). The molecule has 0 aromatic heterocycles. The van der Waals surface area contributed by atoms with E-state index >= 15 is 0 Å². The molecule has 1 N–H and O–H groups in total. The molecule has 0 saturated carbocycles. The Kier molecular flexibility index (Phi) is 5.66. The molecule has 0 aliphatic rings. The van der Waals surface area contributed by atoms with Crippen LogP contribution in [0.5, 0.6) is 5.75 Å². The molecule has 24 heavy (non-hydrogen) atoms. The van der Waals surface area contributed by atoms with Crippen LogP contribution in [0.25, 0.3) is 0 Å². The molecular weight excluding hydrogens is 298 g/mol. The number of rotatable bonds is 5. The van der Waals surface area contributed by atoms with E-state index in [1.165, 1.54) is 5.56 Å². The van der Waals surface area contributed by atoms with Crippen molar-refractivity contribution in [3.05, 3.63) is 59.7 Å². The van der Waals surface area contributed by atoms with Gasteiger partial charge in [-0.3, -0.25) is 4.79 Å². The molecule has 3 heteroatoms. The van der Waals surface area contributed by atoms with E-state index in [2.05, 4.69) is 39.9 Å². The minimum absolute atomic E-state index is 0.000967. The van der Waals surface area contributed by atoms with Gasteiger partial charge in [-0.1, -0.05) is 65.0 Å². The van der Waals surface area contributed by atoms with Crippen LogP contribution in [0.15, 0.2) is 48.5 Å². The second-order valence-electron chi connectivity index (χ2n) is 7.36. The van der Waals surface area contributed by atoms with Crippen molar-refractivity contribution in [1.29, 1.82) is 0 Å². The molecular formula is C21H27NO2. The lowest BCUT2D eigenvalue weighted by atomic mass is 9.86. The predicted molar refractivity (Wildman–Crippen MR) is 99.8 cm³/mol. The second-order valence-corrected chi connectivity index (χ2v) is 7.36. The van der Waals surface area contributed by atoms with Crippen LogP contribution < -0.4 is 10.1 Å². The second kappa shape index (κ2) is 7.52. The Balaban J connectivity index is 1.97. The molecule has 0 aliphatic heterocycles. The van der Waals surface area contributed by atoms with Gasteiger partial charge in [-0.2, -0.15) is 0 Å². The molecule has 0 fully saturated rings. The number of carbonyl (C=O) groups is 1. The molecule has 0 aliphatic carbocycles. The highest BCUT2D eigenvalue weighted by Crippen LogP contribution is 2.30. The van der Waals surface area contributed by atoms with Crippen molar-refractivity contribution in [2.24, 2.45) is 0 Å². The maximum Gasteiger partial charge on any atom is 0.262 e. The number of hydrogen-bond acceptors (Lipinski definition) is 2. The number of ether oxygens (including phenoxy) is 1. The fourth-order valence-electron chi connectivity index (χ4n) is 2.50. The van der Waals surface area contributed by atoms with Gasteiger partial charge in [0.25, 0.3) is 5.91 Å². The maximum absolute atomic E-state index is 12.1. The number of hydrogen-bond donors (Lipinski definition) is 1. The lowest BCUT2D eigenvalue weighted by Crippen LogP contribution is -2.22. The zero-order valence-corrected chi connectivity index (χ0v) is 15.2. The number of nitrogens with one attached hydrogen (secondary N) is 1. The third-order valence-electron chi connectivity index (χ3n) is 3.91. The minimum atomic E-state index is -0.156. The summed E-state index contributed by atoms with van der Waals surface area (Å²) in [6.07, 6.45) is 0. The summed E-state index contributed by atoms with van der Waals surface area (Å²) in [6.45, 7) is 10.7. The van der Waals surface area contributed by atoms with Crippen LogP contribution in [0.4, 0.5) is 5.69 Å². The Hall–Kier alpha value is -2.29. The standard InChI is InChI=1S/C21H27NO2/c1-15(2)16-10-12-17(13-11-16)22-20(23)14-24-19-9-7-6-8-18(19)21(3,4)5/h6-13,15H,14H2,1-5H3,(H,22,23). The van der Waals surface area contributed by atoms with Crippen LogP contribution in [0.3, 0.4) is 0 Å². The fourth-order valence-corrected chi connectivity index (χ4v) is 2.50. The van der Waals surface area contributed by atoms with Crippen molar-refractivity contribution in [3.8, 4) is 5.75 Å². The van der Waals surface area contributed by atoms with Crippen molar-refractivity contribution < 1.29 is 9.53 Å². The summed E-state index contributed by atoms with van der Waals surface area (Å²) in [7, 11) is 0. The SMILES string of the molecule is CC(C)c1ccc(NC(=O)COc2ccccc2C(C)(C)C)cc1. The lowest BCUT2D eigenvalue weighted by Gasteiger charge is -2.22. The minimum Gasteiger partial charge on any atom is -0.483 e. The van der Waals surface area contributed by atoms with E-state index < -0.39 is 0 Å². The lowest BCUT2D eigenvalue weighted by molar-refractivity contribution is -0.118. The first-order chi connectivity index (χ1) is 11.3. The Morgan fingerprint density at radius 3 is 2.25 bits per heavy atom. The zero-order chi connectivity index (χ0) is 17.7. The van der Waals surface area contributed by atoms with Gasteiger partial charge in [0.2, 0.25) is 0 Å². The smallest absolute Gasteiger partial charge is 0.262 e. The first-order valence-electron chi connectivity index (χ1n) is 8.39. The zero-order valence-electron chi connectivity index (χ0n) is 15.2. The van der Waals surface area contributed by atoms with Gasteiger partial charge in [-0.25, -0.2) is 0 Å². The first-order valence-corrected chi connectivity index (χ1v) is 8.39. The fraction of sp³-hybridized carbons (Fsp3) is 0.381. The number of carbonyl (C=O) groups excluding carboxylic acids is 1. The van der Waals surface area contributed by atoms with Crippen molar-refractivity contribution in [1.82, 2.24) is 0 Å². The molecule has 0 unspecified atom stereocenters. The van der Waals surface area contributed by atoms with Gasteiger partial charge < -0.3 is 10.1 Å². The molecule has 1 amide bonds. The normalized spacial score (nSPS) is 11.4. The summed E-state index contributed by atoms with van der Waals surface area (Å²) in [4.78, 5) is 12.1. The average molecular weight is 325 g/mol. The van der Waals surface area contributed by atoms with Gasteiger partial charge >= 0.3 is 0 Å². The molecule has 128 valence electrons. The highest BCUT2D eigenvalue weighted by Gasteiger charge is 2.18. The van der Waals surface area contributed by atoms with E-state index in [-0.39, 0.29) is 17.9 Å². The molecule has 0 saturated heterocycles. The topological polar surface area (TPSA) is 38.3 Å². The van der Waals surface area contributed by atoms with E-state index in [0.717, 1.165) is 17.0 Å². The highest BCUT2D eigenvalue weighted by molar-refractivity contribution is 5.91. The van der Waals surface area contributed by atoms with E-state index in [1.54, 1.807) is 0 Å². The van der Waals surface area contributed by atoms with Crippen LogP contribution in [0, 0.1) is 0 Å². The summed E-state index contributed by atoms with van der Waals surface area (Å²) >= 11 is 0. The van der Waals surface area contributed by atoms with Gasteiger partial charge in [0, 0.05) is 5.69 Å². The van der Waals surface area contributed by atoms with Crippen molar-refractivity contribution in [2.75, 3.05) is 11.9 Å². The molecule has 2 aromatic rings. The highest BCUT2D eigenvalue weighted by atomic mass is 16.5. The van der Waals surface area contributed by atoms with Gasteiger partial charge in [-0.05, 0) is 40.7 Å². The number of benzene rings is 2.